The minimum absolute atomic E-state index is 0.126. The normalized spacial score (nSPS) is 11.2. The summed E-state index contributed by atoms with van der Waals surface area (Å²) in [6, 6.07) is 2.76. The molecule has 0 fully saturated rings. The van der Waals surface area contributed by atoms with Crippen LogP contribution in [0.5, 0.6) is 0 Å². The molecule has 2 N–H and O–H groups in total. The molecule has 16 heavy (non-hydrogen) atoms. The second-order valence-electron chi connectivity index (χ2n) is 4.28. The van der Waals surface area contributed by atoms with Gasteiger partial charge in [-0.25, -0.2) is 0 Å². The van der Waals surface area contributed by atoms with E-state index in [0.717, 1.165) is 0 Å². The molecular formula is C11H16N2O3. The lowest BCUT2D eigenvalue weighted by Crippen LogP contribution is -2.47. The summed E-state index contributed by atoms with van der Waals surface area (Å²) >= 11 is 0. The molecule has 5 heteroatoms. The van der Waals surface area contributed by atoms with Crippen molar-refractivity contribution in [3.63, 3.8) is 0 Å². The average molecular weight is 224 g/mol. The van der Waals surface area contributed by atoms with Crippen molar-refractivity contribution in [2.45, 2.75) is 19.4 Å². The highest BCUT2D eigenvalue weighted by molar-refractivity contribution is 5.94. The first-order valence-corrected chi connectivity index (χ1v) is 4.96. The summed E-state index contributed by atoms with van der Waals surface area (Å²) in [5.41, 5.74) is -0.489. The van der Waals surface area contributed by atoms with Crippen molar-refractivity contribution < 1.29 is 9.90 Å². The van der Waals surface area contributed by atoms with Gasteiger partial charge in [0.2, 0.25) is 5.56 Å². The van der Waals surface area contributed by atoms with Crippen LogP contribution in [-0.2, 0) is 0 Å². The first kappa shape index (κ1) is 12.4. The zero-order valence-corrected chi connectivity index (χ0v) is 9.65. The number of likely N-dealkylation sites (N-methyl/N-ethyl adjacent to an activating group) is 1. The standard InChI is InChI=1S/C11H16N2O3/c1-11(2,7-14)13(3)10(16)8-4-5-9(15)12-6-8/h4-6,14H,7H2,1-3H3,(H,12,15). The minimum atomic E-state index is -0.632. The van der Waals surface area contributed by atoms with Gasteiger partial charge in [0, 0.05) is 19.3 Å². The van der Waals surface area contributed by atoms with Gasteiger partial charge < -0.3 is 15.0 Å². The molecule has 5 nitrogen and oxygen atoms in total. The molecule has 0 aliphatic rings. The van der Waals surface area contributed by atoms with E-state index in [0.29, 0.717) is 5.56 Å². The Labute approximate surface area is 93.7 Å². The quantitative estimate of drug-likeness (QED) is 0.771. The number of pyridine rings is 1. The lowest BCUT2D eigenvalue weighted by molar-refractivity contribution is 0.0473. The number of H-pyrrole nitrogens is 1. The average Bonchev–Trinajstić information content (AvgIpc) is 2.28. The Bertz CT molecular complexity index is 417. The molecule has 1 amide bonds. The number of aromatic nitrogens is 1. The predicted octanol–water partition coefficient (Wildman–Crippen LogP) is 0.218. The Morgan fingerprint density at radius 1 is 1.50 bits per heavy atom. The molecule has 0 spiro atoms. The third-order valence-corrected chi connectivity index (χ3v) is 2.63. The number of nitrogens with one attached hydrogen (secondary N) is 1. The summed E-state index contributed by atoms with van der Waals surface area (Å²) < 4.78 is 0. The number of hydrogen-bond donors (Lipinski definition) is 2. The van der Waals surface area contributed by atoms with Gasteiger partial charge in [0.1, 0.15) is 0 Å². The molecule has 0 aliphatic heterocycles. The van der Waals surface area contributed by atoms with E-state index in [1.165, 1.54) is 23.2 Å². The van der Waals surface area contributed by atoms with Crippen LogP contribution in [0.3, 0.4) is 0 Å². The summed E-state index contributed by atoms with van der Waals surface area (Å²) in [7, 11) is 1.61. The SMILES string of the molecule is CN(C(=O)c1ccc(=O)[nH]c1)C(C)(C)CO. The van der Waals surface area contributed by atoms with Crippen LogP contribution in [0.25, 0.3) is 0 Å². The van der Waals surface area contributed by atoms with E-state index in [-0.39, 0.29) is 18.1 Å². The number of aliphatic hydroxyl groups is 1. The number of aliphatic hydroxyl groups excluding tert-OH is 1. The maximum Gasteiger partial charge on any atom is 0.255 e. The van der Waals surface area contributed by atoms with Crippen LogP contribution in [0.4, 0.5) is 0 Å². The smallest absolute Gasteiger partial charge is 0.255 e. The summed E-state index contributed by atoms with van der Waals surface area (Å²) in [5.74, 6) is -0.240. The zero-order valence-electron chi connectivity index (χ0n) is 9.65. The second-order valence-corrected chi connectivity index (χ2v) is 4.28. The number of carbonyl (C=O) groups is 1. The molecule has 88 valence electrons. The van der Waals surface area contributed by atoms with Gasteiger partial charge in [0.05, 0.1) is 17.7 Å². The van der Waals surface area contributed by atoms with E-state index >= 15 is 0 Å². The number of hydrogen-bond acceptors (Lipinski definition) is 3. The molecule has 0 saturated carbocycles. The van der Waals surface area contributed by atoms with Gasteiger partial charge in [-0.15, -0.1) is 0 Å². The Balaban J connectivity index is 2.94. The number of nitrogens with zero attached hydrogens (tertiary/aromatic N) is 1. The van der Waals surface area contributed by atoms with Crippen molar-refractivity contribution in [3.8, 4) is 0 Å². The molecule has 1 aromatic rings. The fourth-order valence-corrected chi connectivity index (χ4v) is 1.12. The van der Waals surface area contributed by atoms with E-state index in [4.69, 9.17) is 5.11 Å². The second kappa shape index (κ2) is 4.49. The topological polar surface area (TPSA) is 73.4 Å². The summed E-state index contributed by atoms with van der Waals surface area (Å²) in [6.45, 7) is 3.39. The number of aromatic amines is 1. The number of amides is 1. The van der Waals surface area contributed by atoms with Gasteiger partial charge in [-0.3, -0.25) is 9.59 Å². The van der Waals surface area contributed by atoms with Gasteiger partial charge in [-0.05, 0) is 19.9 Å². The lowest BCUT2D eigenvalue weighted by Gasteiger charge is -2.33. The molecule has 0 aromatic carbocycles. The zero-order chi connectivity index (χ0) is 12.3. The van der Waals surface area contributed by atoms with E-state index in [1.807, 2.05) is 0 Å². The first-order chi connectivity index (χ1) is 7.38. The largest absolute Gasteiger partial charge is 0.394 e. The Kier molecular flexibility index (Phi) is 3.49. The van der Waals surface area contributed by atoms with Crippen molar-refractivity contribution in [2.75, 3.05) is 13.7 Å². The molecule has 1 aromatic heterocycles. The van der Waals surface area contributed by atoms with E-state index in [1.54, 1.807) is 20.9 Å². The Morgan fingerprint density at radius 2 is 2.12 bits per heavy atom. The van der Waals surface area contributed by atoms with Gasteiger partial charge in [0.15, 0.2) is 0 Å². The van der Waals surface area contributed by atoms with Crippen LogP contribution >= 0.6 is 0 Å². The third kappa shape index (κ3) is 2.49. The molecule has 1 rings (SSSR count). The van der Waals surface area contributed by atoms with Crippen molar-refractivity contribution in [1.29, 1.82) is 0 Å². The molecule has 0 unspecified atom stereocenters. The fourth-order valence-electron chi connectivity index (χ4n) is 1.12. The van der Waals surface area contributed by atoms with E-state index in [9.17, 15) is 9.59 Å². The molecule has 0 aliphatic carbocycles. The van der Waals surface area contributed by atoms with Crippen molar-refractivity contribution in [3.05, 3.63) is 34.2 Å². The third-order valence-electron chi connectivity index (χ3n) is 2.63. The highest BCUT2D eigenvalue weighted by Gasteiger charge is 2.27. The maximum atomic E-state index is 12.0. The van der Waals surface area contributed by atoms with Crippen LogP contribution in [0.2, 0.25) is 0 Å². The fraction of sp³-hybridized carbons (Fsp3) is 0.455. The lowest BCUT2D eigenvalue weighted by atomic mass is 10.0. The van der Waals surface area contributed by atoms with E-state index < -0.39 is 5.54 Å². The highest BCUT2D eigenvalue weighted by atomic mass is 16.3. The van der Waals surface area contributed by atoms with Gasteiger partial charge >= 0.3 is 0 Å². The summed E-state index contributed by atoms with van der Waals surface area (Å²) in [4.78, 5) is 26.7. The highest BCUT2D eigenvalue weighted by Crippen LogP contribution is 2.14. The van der Waals surface area contributed by atoms with Crippen LogP contribution < -0.4 is 5.56 Å². The molecule has 0 atom stereocenters. The molecule has 0 saturated heterocycles. The van der Waals surface area contributed by atoms with Crippen LogP contribution in [0.15, 0.2) is 23.1 Å². The van der Waals surface area contributed by atoms with Crippen LogP contribution in [0.1, 0.15) is 24.2 Å². The number of rotatable bonds is 3. The van der Waals surface area contributed by atoms with E-state index in [2.05, 4.69) is 4.98 Å². The van der Waals surface area contributed by atoms with Gasteiger partial charge in [-0.1, -0.05) is 0 Å². The number of carbonyl (C=O) groups excluding carboxylic acids is 1. The minimum Gasteiger partial charge on any atom is -0.394 e. The van der Waals surface area contributed by atoms with Crippen molar-refractivity contribution >= 4 is 5.91 Å². The maximum absolute atomic E-state index is 12.0. The Hall–Kier alpha value is -1.62. The Morgan fingerprint density at radius 3 is 2.56 bits per heavy atom. The molecule has 0 radical (unpaired) electrons. The summed E-state index contributed by atoms with van der Waals surface area (Å²) in [6.07, 6.45) is 1.37. The van der Waals surface area contributed by atoms with Crippen LogP contribution in [-0.4, -0.2) is 40.1 Å². The van der Waals surface area contributed by atoms with Gasteiger partial charge in [-0.2, -0.15) is 0 Å². The van der Waals surface area contributed by atoms with Crippen molar-refractivity contribution in [2.24, 2.45) is 0 Å². The van der Waals surface area contributed by atoms with Crippen LogP contribution in [0, 0.1) is 0 Å². The first-order valence-electron chi connectivity index (χ1n) is 4.96. The van der Waals surface area contributed by atoms with Crippen molar-refractivity contribution in [1.82, 2.24) is 9.88 Å². The monoisotopic (exact) mass is 224 g/mol. The molecule has 0 bridgehead atoms. The molecular weight excluding hydrogens is 208 g/mol. The molecule has 1 heterocycles. The van der Waals surface area contributed by atoms with Gasteiger partial charge in [0.25, 0.3) is 5.91 Å². The predicted molar refractivity (Wildman–Crippen MR) is 60.3 cm³/mol. The summed E-state index contributed by atoms with van der Waals surface area (Å²) in [5, 5.41) is 9.15.